The van der Waals surface area contributed by atoms with Crippen molar-refractivity contribution in [1.29, 1.82) is 0 Å². The molecule has 0 atom stereocenters. The maximum atomic E-state index is 12.4. The Morgan fingerprint density at radius 2 is 1.77 bits per heavy atom. The number of rotatable bonds is 10. The van der Waals surface area contributed by atoms with E-state index in [0.29, 0.717) is 18.8 Å². The van der Waals surface area contributed by atoms with Gasteiger partial charge in [0, 0.05) is 55.6 Å². The summed E-state index contributed by atoms with van der Waals surface area (Å²) in [4.78, 5) is 30.6. The van der Waals surface area contributed by atoms with E-state index in [1.165, 1.54) is 24.7 Å². The highest BCUT2D eigenvalue weighted by atomic mass is 32.2. The minimum Gasteiger partial charge on any atom is -0.355 e. The molecule has 164 valence electrons. The summed E-state index contributed by atoms with van der Waals surface area (Å²) in [5.74, 6) is 0.353. The molecule has 6 nitrogen and oxygen atoms in total. The smallest absolute Gasteiger partial charge is 0.252 e. The highest BCUT2D eigenvalue weighted by molar-refractivity contribution is 8.00. The fourth-order valence-electron chi connectivity index (χ4n) is 4.03. The number of aryl methyl sites for hydroxylation is 1. The summed E-state index contributed by atoms with van der Waals surface area (Å²) in [5.41, 5.74) is 0.910. The summed E-state index contributed by atoms with van der Waals surface area (Å²) < 4.78 is 1.77. The molecule has 1 aliphatic rings. The van der Waals surface area contributed by atoms with Crippen LogP contribution in [0.5, 0.6) is 0 Å². The number of hydrogen-bond acceptors (Lipinski definition) is 5. The molecule has 3 rings (SSSR count). The van der Waals surface area contributed by atoms with Crippen molar-refractivity contribution in [2.24, 2.45) is 0 Å². The molecule has 1 aromatic heterocycles. The Kier molecular flexibility index (Phi) is 8.78. The average molecular weight is 431 g/mol. The van der Waals surface area contributed by atoms with Gasteiger partial charge in [-0.1, -0.05) is 25.1 Å². The van der Waals surface area contributed by atoms with Crippen molar-refractivity contribution < 1.29 is 4.79 Å². The van der Waals surface area contributed by atoms with Crippen LogP contribution in [0.3, 0.4) is 0 Å². The van der Waals surface area contributed by atoms with Crippen LogP contribution in [0.15, 0.2) is 40.0 Å². The number of fused-ring (bicyclic) bond motifs is 1. The van der Waals surface area contributed by atoms with Crippen LogP contribution in [0.4, 0.5) is 0 Å². The van der Waals surface area contributed by atoms with Crippen molar-refractivity contribution >= 4 is 28.6 Å². The van der Waals surface area contributed by atoms with Gasteiger partial charge in [-0.25, -0.2) is 0 Å². The van der Waals surface area contributed by atoms with Gasteiger partial charge in [0.05, 0.1) is 11.3 Å². The first kappa shape index (κ1) is 22.8. The number of para-hydroxylation sites is 1. The Morgan fingerprint density at radius 3 is 2.47 bits per heavy atom. The molecule has 0 unspecified atom stereocenters. The Hall–Kier alpha value is -1.83. The van der Waals surface area contributed by atoms with Crippen LogP contribution in [0.25, 0.3) is 10.9 Å². The molecular weight excluding hydrogens is 396 g/mol. The van der Waals surface area contributed by atoms with Crippen LogP contribution in [0, 0.1) is 0 Å². The number of aromatic nitrogens is 1. The highest BCUT2D eigenvalue weighted by Crippen LogP contribution is 2.26. The van der Waals surface area contributed by atoms with Gasteiger partial charge < -0.3 is 19.7 Å². The quantitative estimate of drug-likeness (QED) is 0.464. The molecule has 0 saturated carbocycles. The second-order valence-electron chi connectivity index (χ2n) is 7.78. The number of hydrogen-bond donors (Lipinski definition) is 1. The Labute approximate surface area is 183 Å². The number of nitrogens with one attached hydrogen (secondary N) is 1. The lowest BCUT2D eigenvalue weighted by atomic mass is 10.2. The summed E-state index contributed by atoms with van der Waals surface area (Å²) >= 11 is 1.44. The predicted octanol–water partition coefficient (Wildman–Crippen LogP) is 2.65. The molecule has 1 fully saturated rings. The van der Waals surface area contributed by atoms with E-state index >= 15 is 0 Å². The summed E-state index contributed by atoms with van der Waals surface area (Å²) in [6.07, 6.45) is 2.19. The van der Waals surface area contributed by atoms with Crippen molar-refractivity contribution in [3.05, 3.63) is 40.7 Å². The van der Waals surface area contributed by atoms with Crippen LogP contribution in [-0.2, 0) is 11.3 Å². The fraction of sp³-hybridized carbons (Fsp3) is 0.565. The van der Waals surface area contributed by atoms with E-state index in [0.717, 1.165) is 54.9 Å². The van der Waals surface area contributed by atoms with Crippen LogP contribution in [0.1, 0.15) is 26.7 Å². The minimum absolute atomic E-state index is 0.0156. The molecule has 1 N–H and O–H groups in total. The maximum Gasteiger partial charge on any atom is 0.252 e. The maximum absolute atomic E-state index is 12.4. The van der Waals surface area contributed by atoms with Gasteiger partial charge in [-0.05, 0) is 38.9 Å². The Morgan fingerprint density at radius 1 is 1.07 bits per heavy atom. The molecule has 2 heterocycles. The van der Waals surface area contributed by atoms with Gasteiger partial charge in [-0.15, -0.1) is 11.8 Å². The molecule has 1 aromatic carbocycles. The van der Waals surface area contributed by atoms with Crippen molar-refractivity contribution in [3.63, 3.8) is 0 Å². The number of amides is 1. The molecule has 7 heteroatoms. The average Bonchev–Trinajstić information content (AvgIpc) is 2.76. The van der Waals surface area contributed by atoms with Crippen molar-refractivity contribution in [3.8, 4) is 0 Å². The van der Waals surface area contributed by atoms with E-state index in [1.807, 2.05) is 31.2 Å². The van der Waals surface area contributed by atoms with Crippen LogP contribution < -0.4 is 10.9 Å². The number of nitrogens with zero attached hydrogens (tertiary/aromatic N) is 3. The molecular formula is C23H34N4O2S. The fourth-order valence-corrected chi connectivity index (χ4v) is 4.93. The van der Waals surface area contributed by atoms with Crippen molar-refractivity contribution in [1.82, 2.24) is 19.7 Å². The molecule has 30 heavy (non-hydrogen) atoms. The third kappa shape index (κ3) is 6.09. The lowest BCUT2D eigenvalue weighted by Crippen LogP contribution is -2.47. The number of pyridine rings is 1. The second-order valence-corrected chi connectivity index (χ2v) is 8.80. The van der Waals surface area contributed by atoms with Gasteiger partial charge >= 0.3 is 0 Å². The lowest BCUT2D eigenvalue weighted by molar-refractivity contribution is -0.118. The SMILES string of the molecule is CCCN1CCN(CCCNC(=O)CSc2cc(=O)n(CC)c3ccccc23)CC1. The van der Waals surface area contributed by atoms with E-state index < -0.39 is 0 Å². The zero-order valence-electron chi connectivity index (χ0n) is 18.2. The van der Waals surface area contributed by atoms with Crippen molar-refractivity contribution in [2.45, 2.75) is 38.1 Å². The summed E-state index contributed by atoms with van der Waals surface area (Å²) in [6.45, 7) is 12.3. The zero-order valence-corrected chi connectivity index (χ0v) is 19.0. The molecule has 1 amide bonds. The summed E-state index contributed by atoms with van der Waals surface area (Å²) in [5, 5.41) is 4.05. The monoisotopic (exact) mass is 430 g/mol. The standard InChI is InChI=1S/C23H34N4O2S/c1-3-11-25-13-15-26(16-14-25)12-7-10-24-22(28)18-30-21-17-23(29)27(4-2)20-9-6-5-8-19(20)21/h5-6,8-9,17H,3-4,7,10-16,18H2,1-2H3,(H,24,28). The number of thioether (sulfide) groups is 1. The van der Waals surface area contributed by atoms with Gasteiger partial charge in [-0.2, -0.15) is 0 Å². The topological polar surface area (TPSA) is 57.6 Å². The van der Waals surface area contributed by atoms with E-state index in [1.54, 1.807) is 10.6 Å². The molecule has 0 aliphatic carbocycles. The third-order valence-electron chi connectivity index (χ3n) is 5.63. The number of piperazine rings is 1. The largest absolute Gasteiger partial charge is 0.355 e. The van der Waals surface area contributed by atoms with Crippen LogP contribution in [-0.4, -0.2) is 71.8 Å². The number of carbonyl (C=O) groups excluding carboxylic acids is 1. The summed E-state index contributed by atoms with van der Waals surface area (Å²) in [6, 6.07) is 9.55. The van der Waals surface area contributed by atoms with Gasteiger partial charge in [-0.3, -0.25) is 9.59 Å². The molecule has 2 aromatic rings. The van der Waals surface area contributed by atoms with E-state index in [2.05, 4.69) is 22.0 Å². The first-order valence-corrected chi connectivity index (χ1v) is 12.1. The zero-order chi connectivity index (χ0) is 21.3. The highest BCUT2D eigenvalue weighted by Gasteiger charge is 2.15. The van der Waals surface area contributed by atoms with Crippen LogP contribution >= 0.6 is 11.8 Å². The molecule has 1 saturated heterocycles. The van der Waals surface area contributed by atoms with E-state index in [9.17, 15) is 9.59 Å². The first-order valence-electron chi connectivity index (χ1n) is 11.1. The van der Waals surface area contributed by atoms with Gasteiger partial charge in [0.15, 0.2) is 0 Å². The normalized spacial score (nSPS) is 15.5. The molecule has 0 radical (unpaired) electrons. The third-order valence-corrected chi connectivity index (χ3v) is 6.69. The van der Waals surface area contributed by atoms with E-state index in [4.69, 9.17) is 0 Å². The molecule has 1 aliphatic heterocycles. The van der Waals surface area contributed by atoms with E-state index in [-0.39, 0.29) is 11.5 Å². The Bertz CT molecular complexity index is 890. The van der Waals surface area contributed by atoms with Gasteiger partial charge in [0.1, 0.15) is 0 Å². The molecule has 0 spiro atoms. The second kappa shape index (κ2) is 11.5. The van der Waals surface area contributed by atoms with Gasteiger partial charge in [0.25, 0.3) is 5.56 Å². The van der Waals surface area contributed by atoms with Gasteiger partial charge in [0.2, 0.25) is 5.91 Å². The van der Waals surface area contributed by atoms with Crippen LogP contribution in [0.2, 0.25) is 0 Å². The summed E-state index contributed by atoms with van der Waals surface area (Å²) in [7, 11) is 0. The van der Waals surface area contributed by atoms with Crippen molar-refractivity contribution in [2.75, 3.05) is 51.6 Å². The lowest BCUT2D eigenvalue weighted by Gasteiger charge is -2.34. The molecule has 0 bridgehead atoms. The Balaban J connectivity index is 1.42. The number of carbonyl (C=O) groups is 1. The minimum atomic E-state index is -0.0156. The number of benzene rings is 1. The first-order chi connectivity index (χ1) is 14.6. The predicted molar refractivity (Wildman–Crippen MR) is 125 cm³/mol.